The SMILES string of the molecule is C=C(C)C(=C)C.C=C(C)C(=C)C.[Cl][Ir]. The Morgan fingerprint density at radius 2 is 0.714 bits per heavy atom. The third-order valence-electron chi connectivity index (χ3n) is 1.46. The van der Waals surface area contributed by atoms with Gasteiger partial charge in [0.1, 0.15) is 0 Å². The van der Waals surface area contributed by atoms with E-state index in [1.165, 1.54) is 17.9 Å². The molecular formula is C12H20ClIr. The van der Waals surface area contributed by atoms with Gasteiger partial charge in [-0.15, -0.1) is 0 Å². The number of rotatable bonds is 2. The molecule has 0 aliphatic rings. The second-order valence-corrected chi connectivity index (χ2v) is 3.12. The summed E-state index contributed by atoms with van der Waals surface area (Å²) in [6, 6.07) is 0. The molecule has 0 atom stereocenters. The predicted molar refractivity (Wildman–Crippen MR) is 65.1 cm³/mol. The van der Waals surface area contributed by atoms with Gasteiger partial charge in [0.25, 0.3) is 0 Å². The Labute approximate surface area is 104 Å². The first-order valence-electron chi connectivity index (χ1n) is 4.04. The van der Waals surface area contributed by atoms with E-state index in [4.69, 9.17) is 0 Å². The van der Waals surface area contributed by atoms with Gasteiger partial charge in [0.15, 0.2) is 0 Å². The number of hydrogen-bond donors (Lipinski definition) is 0. The summed E-state index contributed by atoms with van der Waals surface area (Å²) >= 11 is 1.47. The van der Waals surface area contributed by atoms with Crippen LogP contribution in [0, 0.1) is 0 Å². The van der Waals surface area contributed by atoms with Crippen LogP contribution in [0.1, 0.15) is 27.7 Å². The Morgan fingerprint density at radius 1 is 0.643 bits per heavy atom. The molecule has 14 heavy (non-hydrogen) atoms. The van der Waals surface area contributed by atoms with Crippen LogP contribution in [0.25, 0.3) is 0 Å². The molecule has 0 radical (unpaired) electrons. The zero-order valence-corrected chi connectivity index (χ0v) is 12.7. The van der Waals surface area contributed by atoms with Gasteiger partial charge in [-0.2, -0.15) is 0 Å². The molecule has 0 aliphatic carbocycles. The Bertz CT molecular complexity index is 166. The monoisotopic (exact) mass is 392 g/mol. The van der Waals surface area contributed by atoms with Crippen LogP contribution in [-0.2, 0) is 17.9 Å². The van der Waals surface area contributed by atoms with E-state index >= 15 is 0 Å². The van der Waals surface area contributed by atoms with Crippen molar-refractivity contribution in [2.75, 3.05) is 0 Å². The van der Waals surface area contributed by atoms with Crippen molar-refractivity contribution in [2.24, 2.45) is 0 Å². The van der Waals surface area contributed by atoms with Crippen LogP contribution in [0.15, 0.2) is 48.6 Å². The Balaban J connectivity index is -0.000000147. The molecule has 0 bridgehead atoms. The van der Waals surface area contributed by atoms with Gasteiger partial charge < -0.3 is 0 Å². The fourth-order valence-electron chi connectivity index (χ4n) is 0. The number of halogens is 1. The van der Waals surface area contributed by atoms with Crippen LogP contribution < -0.4 is 0 Å². The van der Waals surface area contributed by atoms with Crippen molar-refractivity contribution < 1.29 is 17.9 Å². The van der Waals surface area contributed by atoms with Crippen LogP contribution in [0.4, 0.5) is 0 Å². The first kappa shape index (κ1) is 19.5. The second kappa shape index (κ2) is 12.9. The summed E-state index contributed by atoms with van der Waals surface area (Å²) in [7, 11) is 4.64. The molecule has 0 aromatic heterocycles. The molecule has 0 amide bonds. The summed E-state index contributed by atoms with van der Waals surface area (Å²) in [6.07, 6.45) is 0. The molecule has 0 heterocycles. The summed E-state index contributed by atoms with van der Waals surface area (Å²) < 4.78 is 0. The maximum atomic E-state index is 4.64. The average Bonchev–Trinajstić information content (AvgIpc) is 2.08. The summed E-state index contributed by atoms with van der Waals surface area (Å²) in [5.41, 5.74) is 4.26. The van der Waals surface area contributed by atoms with Gasteiger partial charge in [-0.25, -0.2) is 0 Å². The normalized spacial score (nSPS) is 7.07. The van der Waals surface area contributed by atoms with E-state index in [1.807, 2.05) is 27.7 Å². The maximum absolute atomic E-state index is 4.64. The molecule has 0 rings (SSSR count). The number of allylic oxidation sites excluding steroid dienone is 4. The first-order valence-corrected chi connectivity index (χ1v) is 7.01. The van der Waals surface area contributed by atoms with Gasteiger partial charge in [0.2, 0.25) is 0 Å². The minimum atomic E-state index is 1.06. The molecule has 84 valence electrons. The fraction of sp³-hybridized carbons (Fsp3) is 0.333. The quantitative estimate of drug-likeness (QED) is 0.583. The van der Waals surface area contributed by atoms with Crippen molar-refractivity contribution in [3.63, 3.8) is 0 Å². The van der Waals surface area contributed by atoms with Crippen molar-refractivity contribution in [2.45, 2.75) is 27.7 Å². The van der Waals surface area contributed by atoms with Gasteiger partial charge >= 0.3 is 27.5 Å². The van der Waals surface area contributed by atoms with E-state index < -0.39 is 0 Å². The molecule has 0 saturated carbocycles. The Morgan fingerprint density at radius 3 is 0.714 bits per heavy atom. The van der Waals surface area contributed by atoms with Gasteiger partial charge in [-0.05, 0) is 27.7 Å². The first-order chi connectivity index (χ1) is 6.29. The van der Waals surface area contributed by atoms with E-state index in [0.29, 0.717) is 0 Å². The van der Waals surface area contributed by atoms with E-state index in [-0.39, 0.29) is 0 Å². The molecule has 2 heteroatoms. The van der Waals surface area contributed by atoms with Crippen molar-refractivity contribution in [1.29, 1.82) is 0 Å². The molecule has 0 nitrogen and oxygen atoms in total. The van der Waals surface area contributed by atoms with Gasteiger partial charge in [0.05, 0.1) is 0 Å². The molecule has 0 fully saturated rings. The van der Waals surface area contributed by atoms with Crippen LogP contribution in [0.2, 0.25) is 0 Å². The molecule has 0 spiro atoms. The predicted octanol–water partition coefficient (Wildman–Crippen LogP) is 4.96. The zero-order valence-electron chi connectivity index (χ0n) is 9.54. The summed E-state index contributed by atoms with van der Waals surface area (Å²) in [5.74, 6) is 0. The van der Waals surface area contributed by atoms with Gasteiger partial charge in [0, 0.05) is 0 Å². The zero-order chi connectivity index (χ0) is 12.3. The van der Waals surface area contributed by atoms with Crippen LogP contribution in [0.5, 0.6) is 0 Å². The van der Waals surface area contributed by atoms with Crippen LogP contribution in [-0.4, -0.2) is 0 Å². The fourth-order valence-corrected chi connectivity index (χ4v) is 0. The van der Waals surface area contributed by atoms with Gasteiger partial charge in [-0.1, -0.05) is 48.6 Å². The summed E-state index contributed by atoms with van der Waals surface area (Å²) in [5, 5.41) is 0. The molecule has 0 aromatic carbocycles. The molecule has 0 unspecified atom stereocenters. The van der Waals surface area contributed by atoms with E-state index in [0.717, 1.165) is 22.3 Å². The summed E-state index contributed by atoms with van der Waals surface area (Å²) in [6.45, 7) is 22.4. The average molecular weight is 392 g/mol. The second-order valence-electron chi connectivity index (χ2n) is 3.12. The molecule has 0 aliphatic heterocycles. The minimum absolute atomic E-state index is 1.06. The van der Waals surface area contributed by atoms with E-state index in [9.17, 15) is 0 Å². The van der Waals surface area contributed by atoms with E-state index in [1.54, 1.807) is 0 Å². The van der Waals surface area contributed by atoms with Crippen molar-refractivity contribution in [3.8, 4) is 0 Å². The Hall–Kier alpha value is -0.101. The van der Waals surface area contributed by atoms with Crippen molar-refractivity contribution in [1.82, 2.24) is 0 Å². The third-order valence-corrected chi connectivity index (χ3v) is 1.46. The summed E-state index contributed by atoms with van der Waals surface area (Å²) in [4.78, 5) is 0. The topological polar surface area (TPSA) is 0 Å². The standard InChI is InChI=1S/2C6H10.ClH.Ir/c2*1-5(2)6(3)4;;/h2*1,3H2,2,4H3;1H;/q;;;+1/p-1. The van der Waals surface area contributed by atoms with Crippen molar-refractivity contribution in [3.05, 3.63) is 48.6 Å². The molecule has 0 N–H and O–H groups in total. The van der Waals surface area contributed by atoms with Crippen LogP contribution >= 0.6 is 9.58 Å². The number of hydrogen-bond acceptors (Lipinski definition) is 0. The van der Waals surface area contributed by atoms with Crippen molar-refractivity contribution >= 4 is 9.58 Å². The molecular weight excluding hydrogens is 372 g/mol. The van der Waals surface area contributed by atoms with Crippen LogP contribution in [0.3, 0.4) is 0 Å². The molecule has 0 saturated heterocycles. The third kappa shape index (κ3) is 22.7. The Kier molecular flexibility index (Phi) is 17.9. The van der Waals surface area contributed by atoms with Gasteiger partial charge in [-0.3, -0.25) is 0 Å². The van der Waals surface area contributed by atoms with E-state index in [2.05, 4.69) is 35.9 Å². The molecule has 0 aromatic rings.